The van der Waals surface area contributed by atoms with Gasteiger partial charge in [0.2, 0.25) is 0 Å². The Morgan fingerprint density at radius 2 is 2.20 bits per heavy atom. The van der Waals surface area contributed by atoms with Crippen LogP contribution in [0.25, 0.3) is 0 Å². The van der Waals surface area contributed by atoms with E-state index in [9.17, 15) is 8.78 Å². The van der Waals surface area contributed by atoms with E-state index in [0.717, 1.165) is 12.5 Å². The molecule has 2 unspecified atom stereocenters. The molecule has 0 saturated carbocycles. The number of rotatable bonds is 2. The van der Waals surface area contributed by atoms with Crippen molar-refractivity contribution in [3.8, 4) is 0 Å². The van der Waals surface area contributed by atoms with E-state index in [1.165, 1.54) is 12.1 Å². The highest BCUT2D eigenvalue weighted by Crippen LogP contribution is 2.36. The summed E-state index contributed by atoms with van der Waals surface area (Å²) in [6.07, 6.45) is 0.494. The molecule has 0 N–H and O–H groups in total. The molecule has 0 spiro atoms. The van der Waals surface area contributed by atoms with Gasteiger partial charge in [-0.25, -0.2) is 8.78 Å². The van der Waals surface area contributed by atoms with E-state index >= 15 is 0 Å². The number of ether oxygens (including phenoxy) is 1. The van der Waals surface area contributed by atoms with Crippen molar-refractivity contribution in [1.82, 2.24) is 0 Å². The second-order valence-electron chi connectivity index (χ2n) is 3.66. The fourth-order valence-corrected chi connectivity index (χ4v) is 2.18. The molecule has 0 amide bonds. The molecule has 0 aliphatic carbocycles. The van der Waals surface area contributed by atoms with Gasteiger partial charge in [0.05, 0.1) is 6.10 Å². The Balaban J connectivity index is 2.28. The van der Waals surface area contributed by atoms with Crippen LogP contribution in [-0.2, 0) is 4.74 Å². The normalized spacial score (nSPS) is 25.8. The van der Waals surface area contributed by atoms with Crippen molar-refractivity contribution in [2.24, 2.45) is 5.92 Å². The first kappa shape index (κ1) is 10.8. The Kier molecular flexibility index (Phi) is 3.22. The number of halogens is 3. The van der Waals surface area contributed by atoms with Crippen molar-refractivity contribution in [3.05, 3.63) is 35.4 Å². The lowest BCUT2D eigenvalue weighted by atomic mass is 9.97. The van der Waals surface area contributed by atoms with Crippen LogP contribution in [-0.4, -0.2) is 12.5 Å². The molecule has 1 aliphatic rings. The molecule has 1 aliphatic heterocycles. The zero-order valence-corrected chi connectivity index (χ0v) is 8.81. The van der Waals surface area contributed by atoms with Crippen LogP contribution in [0.1, 0.15) is 18.1 Å². The predicted molar refractivity (Wildman–Crippen MR) is 53.9 cm³/mol. The lowest BCUT2D eigenvalue weighted by Crippen LogP contribution is -2.10. The molecule has 4 heteroatoms. The smallest absolute Gasteiger partial charge is 0.131 e. The largest absolute Gasteiger partial charge is 0.373 e. The lowest BCUT2D eigenvalue weighted by Gasteiger charge is -2.17. The van der Waals surface area contributed by atoms with E-state index in [-0.39, 0.29) is 12.0 Å². The van der Waals surface area contributed by atoms with Gasteiger partial charge in [0, 0.05) is 30.0 Å². The van der Waals surface area contributed by atoms with Crippen molar-refractivity contribution < 1.29 is 13.5 Å². The van der Waals surface area contributed by atoms with Gasteiger partial charge in [-0.05, 0) is 12.5 Å². The first-order valence-electron chi connectivity index (χ1n) is 4.85. The van der Waals surface area contributed by atoms with E-state index in [1.54, 1.807) is 0 Å². The van der Waals surface area contributed by atoms with Crippen molar-refractivity contribution in [3.63, 3.8) is 0 Å². The number of benzene rings is 1. The fourth-order valence-electron chi connectivity index (χ4n) is 1.87. The fraction of sp³-hybridized carbons (Fsp3) is 0.455. The van der Waals surface area contributed by atoms with Crippen LogP contribution in [0.4, 0.5) is 8.78 Å². The average Bonchev–Trinajstić information content (AvgIpc) is 2.65. The van der Waals surface area contributed by atoms with E-state index in [0.29, 0.717) is 18.1 Å². The molecule has 1 aromatic rings. The summed E-state index contributed by atoms with van der Waals surface area (Å²) in [4.78, 5) is 0. The number of hydrogen-bond acceptors (Lipinski definition) is 1. The first-order valence-corrected chi connectivity index (χ1v) is 5.38. The van der Waals surface area contributed by atoms with Crippen LogP contribution in [0.15, 0.2) is 18.2 Å². The topological polar surface area (TPSA) is 9.23 Å². The van der Waals surface area contributed by atoms with Crippen molar-refractivity contribution in [2.75, 3.05) is 12.5 Å². The van der Waals surface area contributed by atoms with Gasteiger partial charge in [-0.2, -0.15) is 0 Å². The van der Waals surface area contributed by atoms with E-state index in [4.69, 9.17) is 16.3 Å². The minimum atomic E-state index is -0.573. The maximum atomic E-state index is 13.4. The maximum Gasteiger partial charge on any atom is 0.131 e. The second-order valence-corrected chi connectivity index (χ2v) is 3.97. The molecule has 1 fully saturated rings. The van der Waals surface area contributed by atoms with Crippen molar-refractivity contribution in [1.29, 1.82) is 0 Å². The maximum absolute atomic E-state index is 13.4. The standard InChI is InChI=1S/C11H11ClF2O/c12-6-7-3-4-15-11(7)9-2-1-8(13)5-10(9)14/h1-2,5,7,11H,3-4,6H2. The van der Waals surface area contributed by atoms with Gasteiger partial charge < -0.3 is 4.74 Å². The third kappa shape index (κ3) is 2.13. The molecular formula is C11H11ClF2O. The van der Waals surface area contributed by atoms with Crippen LogP contribution in [0.3, 0.4) is 0 Å². The van der Waals surface area contributed by atoms with E-state index in [2.05, 4.69) is 0 Å². The molecule has 1 nitrogen and oxygen atoms in total. The van der Waals surface area contributed by atoms with Gasteiger partial charge in [0.15, 0.2) is 0 Å². The minimum Gasteiger partial charge on any atom is -0.373 e. The zero-order valence-electron chi connectivity index (χ0n) is 8.05. The molecule has 82 valence electrons. The molecule has 1 aromatic carbocycles. The molecular weight excluding hydrogens is 222 g/mol. The summed E-state index contributed by atoms with van der Waals surface area (Å²) in [6.45, 7) is 0.582. The molecule has 2 atom stereocenters. The molecule has 1 heterocycles. The van der Waals surface area contributed by atoms with Crippen LogP contribution in [0, 0.1) is 17.6 Å². The van der Waals surface area contributed by atoms with Gasteiger partial charge >= 0.3 is 0 Å². The Bertz CT molecular complexity index is 356. The quantitative estimate of drug-likeness (QED) is 0.711. The summed E-state index contributed by atoms with van der Waals surface area (Å²) in [5.74, 6) is -0.582. The van der Waals surface area contributed by atoms with Crippen LogP contribution in [0.5, 0.6) is 0 Å². The lowest BCUT2D eigenvalue weighted by molar-refractivity contribution is 0.0920. The van der Waals surface area contributed by atoms with Crippen LogP contribution < -0.4 is 0 Å². The zero-order chi connectivity index (χ0) is 10.8. The third-order valence-corrected chi connectivity index (χ3v) is 3.08. The van der Waals surface area contributed by atoms with Gasteiger partial charge in [0.25, 0.3) is 0 Å². The molecule has 2 rings (SSSR count). The molecule has 0 aromatic heterocycles. The highest BCUT2D eigenvalue weighted by molar-refractivity contribution is 6.18. The van der Waals surface area contributed by atoms with Gasteiger partial charge in [-0.3, -0.25) is 0 Å². The third-order valence-electron chi connectivity index (χ3n) is 2.68. The second kappa shape index (κ2) is 4.45. The van der Waals surface area contributed by atoms with Crippen LogP contribution >= 0.6 is 11.6 Å². The van der Waals surface area contributed by atoms with Crippen LogP contribution in [0.2, 0.25) is 0 Å². The van der Waals surface area contributed by atoms with Gasteiger partial charge in [-0.15, -0.1) is 11.6 Å². The predicted octanol–water partition coefficient (Wildman–Crippen LogP) is 3.28. The molecule has 0 bridgehead atoms. The summed E-state index contributed by atoms with van der Waals surface area (Å²) in [6, 6.07) is 3.55. The molecule has 15 heavy (non-hydrogen) atoms. The minimum absolute atomic E-state index is 0.117. The summed E-state index contributed by atoms with van der Waals surface area (Å²) < 4.78 is 31.6. The monoisotopic (exact) mass is 232 g/mol. The summed E-state index contributed by atoms with van der Waals surface area (Å²) >= 11 is 5.76. The molecule has 0 radical (unpaired) electrons. The SMILES string of the molecule is Fc1ccc(C2OCCC2CCl)c(F)c1. The highest BCUT2D eigenvalue weighted by atomic mass is 35.5. The first-order chi connectivity index (χ1) is 7.22. The number of hydrogen-bond donors (Lipinski definition) is 0. The summed E-state index contributed by atoms with van der Waals surface area (Å²) in [7, 11) is 0. The Labute approximate surface area is 92.0 Å². The summed E-state index contributed by atoms with van der Waals surface area (Å²) in [5.41, 5.74) is 0.402. The van der Waals surface area contributed by atoms with E-state index in [1.807, 2.05) is 0 Å². The van der Waals surface area contributed by atoms with Crippen molar-refractivity contribution >= 4 is 11.6 Å². The van der Waals surface area contributed by atoms with E-state index < -0.39 is 11.6 Å². The van der Waals surface area contributed by atoms with Gasteiger partial charge in [0.1, 0.15) is 11.6 Å². The summed E-state index contributed by atoms with van der Waals surface area (Å²) in [5, 5.41) is 0. The van der Waals surface area contributed by atoms with Crippen molar-refractivity contribution in [2.45, 2.75) is 12.5 Å². The number of alkyl halides is 1. The Hall–Kier alpha value is -0.670. The average molecular weight is 233 g/mol. The molecule has 1 saturated heterocycles. The Morgan fingerprint density at radius 1 is 1.40 bits per heavy atom. The Morgan fingerprint density at radius 3 is 2.87 bits per heavy atom. The van der Waals surface area contributed by atoms with Gasteiger partial charge in [-0.1, -0.05) is 6.07 Å². The highest BCUT2D eigenvalue weighted by Gasteiger charge is 2.30.